The summed E-state index contributed by atoms with van der Waals surface area (Å²) in [5.41, 5.74) is 4.88. The summed E-state index contributed by atoms with van der Waals surface area (Å²) in [6.45, 7) is 3.18. The van der Waals surface area contributed by atoms with Crippen LogP contribution < -0.4 is 10.2 Å². The Morgan fingerprint density at radius 2 is 1.43 bits per heavy atom. The number of carbonyl (C=O) groups excluding carboxylic acids is 2. The third-order valence-corrected chi connectivity index (χ3v) is 6.18. The molecule has 35 heavy (non-hydrogen) atoms. The molecule has 2 N–H and O–H groups in total. The number of carboxylic acid groups (broad SMARTS) is 1. The van der Waals surface area contributed by atoms with Crippen LogP contribution in [0.5, 0.6) is 0 Å². The maximum absolute atomic E-state index is 13.3. The van der Waals surface area contributed by atoms with Crippen molar-refractivity contribution in [1.82, 2.24) is 5.32 Å². The van der Waals surface area contributed by atoms with Crippen molar-refractivity contribution in [2.24, 2.45) is 5.92 Å². The van der Waals surface area contributed by atoms with Crippen molar-refractivity contribution in [2.75, 3.05) is 18.1 Å². The van der Waals surface area contributed by atoms with E-state index in [0.717, 1.165) is 27.2 Å². The van der Waals surface area contributed by atoms with Crippen molar-refractivity contribution in [3.8, 4) is 11.1 Å². The molecule has 3 aromatic rings. The van der Waals surface area contributed by atoms with Crippen molar-refractivity contribution in [2.45, 2.75) is 25.8 Å². The second kappa shape index (κ2) is 10.4. The van der Waals surface area contributed by atoms with Crippen LogP contribution in [0.15, 0.2) is 78.9 Å². The van der Waals surface area contributed by atoms with E-state index < -0.39 is 30.6 Å². The van der Waals surface area contributed by atoms with Crippen molar-refractivity contribution in [3.05, 3.63) is 90.0 Å². The van der Waals surface area contributed by atoms with Crippen LogP contribution in [0.3, 0.4) is 0 Å². The lowest BCUT2D eigenvalue weighted by Crippen LogP contribution is -2.52. The Bertz CT molecular complexity index is 1180. The smallest absolute Gasteiger partial charge is 0.407 e. The number of hydrogen-bond acceptors (Lipinski definition) is 4. The molecule has 0 bridgehead atoms. The summed E-state index contributed by atoms with van der Waals surface area (Å²) in [7, 11) is 0. The molecule has 0 radical (unpaired) electrons. The average Bonchev–Trinajstić information content (AvgIpc) is 3.18. The van der Waals surface area contributed by atoms with Gasteiger partial charge in [-0.25, -0.2) is 4.79 Å². The molecule has 0 fully saturated rings. The van der Waals surface area contributed by atoms with E-state index in [-0.39, 0.29) is 18.4 Å². The zero-order chi connectivity index (χ0) is 24.9. The normalized spacial score (nSPS) is 13.0. The summed E-state index contributed by atoms with van der Waals surface area (Å²) in [4.78, 5) is 38.8. The highest BCUT2D eigenvalue weighted by atomic mass is 16.5. The Morgan fingerprint density at radius 3 is 1.97 bits per heavy atom. The third-order valence-electron chi connectivity index (χ3n) is 6.18. The van der Waals surface area contributed by atoms with Gasteiger partial charge in [0.05, 0.1) is 0 Å². The van der Waals surface area contributed by atoms with Gasteiger partial charge in [0.25, 0.3) is 0 Å². The molecule has 1 aliphatic carbocycles. The maximum Gasteiger partial charge on any atom is 0.407 e. The van der Waals surface area contributed by atoms with Gasteiger partial charge in [-0.3, -0.25) is 14.5 Å². The van der Waals surface area contributed by atoms with E-state index in [1.165, 1.54) is 0 Å². The number of nitrogens with one attached hydrogen (secondary N) is 1. The SMILES string of the molecule is CC(C)[C@H](NC(=O)OCC1c2ccccc2-c2ccccc21)C(=O)N(CC(=O)O)c1ccccc1. The van der Waals surface area contributed by atoms with Gasteiger partial charge >= 0.3 is 12.1 Å². The zero-order valence-corrected chi connectivity index (χ0v) is 19.7. The number of nitrogens with zero attached hydrogens (tertiary/aromatic N) is 1. The molecule has 0 spiro atoms. The number of carboxylic acids is 1. The van der Waals surface area contributed by atoms with Crippen LogP contribution in [0.4, 0.5) is 10.5 Å². The van der Waals surface area contributed by atoms with E-state index in [2.05, 4.69) is 17.4 Å². The van der Waals surface area contributed by atoms with Gasteiger partial charge in [0.1, 0.15) is 19.2 Å². The summed E-state index contributed by atoms with van der Waals surface area (Å²) in [5.74, 6) is -2.05. The number of benzene rings is 3. The summed E-state index contributed by atoms with van der Waals surface area (Å²) >= 11 is 0. The Balaban J connectivity index is 1.48. The van der Waals surface area contributed by atoms with Crippen molar-refractivity contribution in [1.29, 1.82) is 0 Å². The summed E-state index contributed by atoms with van der Waals surface area (Å²) in [6, 6.07) is 23.7. The number of carbonyl (C=O) groups is 3. The second-order valence-electron chi connectivity index (χ2n) is 8.85. The van der Waals surface area contributed by atoms with Crippen molar-refractivity contribution >= 4 is 23.7 Å². The minimum atomic E-state index is -1.15. The topological polar surface area (TPSA) is 95.9 Å². The first-order valence-electron chi connectivity index (χ1n) is 11.6. The van der Waals surface area contributed by atoms with E-state index in [0.29, 0.717) is 5.69 Å². The molecular formula is C28H28N2O5. The molecule has 1 atom stereocenters. The number of rotatable bonds is 8. The highest BCUT2D eigenvalue weighted by molar-refractivity contribution is 6.01. The van der Waals surface area contributed by atoms with Gasteiger partial charge in [0, 0.05) is 11.6 Å². The maximum atomic E-state index is 13.3. The van der Waals surface area contributed by atoms with E-state index in [9.17, 15) is 19.5 Å². The van der Waals surface area contributed by atoms with Crippen LogP contribution in [-0.4, -0.2) is 42.3 Å². The highest BCUT2D eigenvalue weighted by Gasteiger charge is 2.33. The molecule has 0 saturated heterocycles. The molecule has 7 heteroatoms. The fourth-order valence-electron chi connectivity index (χ4n) is 4.49. The van der Waals surface area contributed by atoms with E-state index in [1.54, 1.807) is 44.2 Å². The molecule has 7 nitrogen and oxygen atoms in total. The molecular weight excluding hydrogens is 444 g/mol. The van der Waals surface area contributed by atoms with Crippen LogP contribution in [0.1, 0.15) is 30.9 Å². The lowest BCUT2D eigenvalue weighted by atomic mass is 9.98. The van der Waals surface area contributed by atoms with Crippen molar-refractivity contribution < 1.29 is 24.2 Å². The number of alkyl carbamates (subject to hydrolysis) is 1. The Kier molecular flexibility index (Phi) is 7.15. The van der Waals surface area contributed by atoms with Gasteiger partial charge in [-0.1, -0.05) is 80.6 Å². The fourth-order valence-corrected chi connectivity index (χ4v) is 4.49. The number of aliphatic carboxylic acids is 1. The first-order chi connectivity index (χ1) is 16.9. The van der Waals surface area contributed by atoms with Gasteiger partial charge in [-0.05, 0) is 40.3 Å². The van der Waals surface area contributed by atoms with Crippen LogP contribution in [0.25, 0.3) is 11.1 Å². The van der Waals surface area contributed by atoms with E-state index in [1.807, 2.05) is 36.4 Å². The minimum Gasteiger partial charge on any atom is -0.480 e. The first-order valence-corrected chi connectivity index (χ1v) is 11.6. The molecule has 3 aromatic carbocycles. The lowest BCUT2D eigenvalue weighted by Gasteiger charge is -2.28. The lowest BCUT2D eigenvalue weighted by molar-refractivity contribution is -0.137. The van der Waals surface area contributed by atoms with Crippen LogP contribution in [0.2, 0.25) is 0 Å². The molecule has 0 heterocycles. The average molecular weight is 473 g/mol. The molecule has 0 unspecified atom stereocenters. The summed E-state index contributed by atoms with van der Waals surface area (Å²) in [5, 5.41) is 12.0. The molecule has 0 aromatic heterocycles. The molecule has 2 amide bonds. The van der Waals surface area contributed by atoms with Crippen LogP contribution in [0, 0.1) is 5.92 Å². The van der Waals surface area contributed by atoms with Crippen molar-refractivity contribution in [3.63, 3.8) is 0 Å². The van der Waals surface area contributed by atoms with E-state index in [4.69, 9.17) is 4.74 Å². The Labute approximate surface area is 204 Å². The molecule has 0 saturated carbocycles. The van der Waals surface area contributed by atoms with Gasteiger partial charge < -0.3 is 15.2 Å². The van der Waals surface area contributed by atoms with Gasteiger partial charge in [-0.2, -0.15) is 0 Å². The quantitative estimate of drug-likeness (QED) is 0.497. The fraction of sp³-hybridized carbons (Fsp3) is 0.250. The number of hydrogen-bond donors (Lipinski definition) is 2. The monoisotopic (exact) mass is 472 g/mol. The molecule has 1 aliphatic rings. The number of para-hydroxylation sites is 1. The van der Waals surface area contributed by atoms with Gasteiger partial charge in [0.15, 0.2) is 0 Å². The number of ether oxygens (including phenoxy) is 1. The van der Waals surface area contributed by atoms with E-state index >= 15 is 0 Å². The predicted octanol–water partition coefficient (Wildman–Crippen LogP) is 4.67. The third kappa shape index (κ3) is 5.19. The Morgan fingerprint density at radius 1 is 0.886 bits per heavy atom. The van der Waals surface area contributed by atoms with Crippen LogP contribution >= 0.6 is 0 Å². The zero-order valence-electron chi connectivity index (χ0n) is 19.7. The largest absolute Gasteiger partial charge is 0.480 e. The Hall–Kier alpha value is -4.13. The molecule has 0 aliphatic heterocycles. The summed E-state index contributed by atoms with van der Waals surface area (Å²) < 4.78 is 5.60. The predicted molar refractivity (Wildman–Crippen MR) is 133 cm³/mol. The van der Waals surface area contributed by atoms with Gasteiger partial charge in [-0.15, -0.1) is 0 Å². The molecule has 180 valence electrons. The summed E-state index contributed by atoms with van der Waals surface area (Å²) in [6.07, 6.45) is -0.720. The second-order valence-corrected chi connectivity index (χ2v) is 8.85. The molecule has 4 rings (SSSR count). The standard InChI is InChI=1S/C28H28N2O5/c1-18(2)26(27(33)30(16-25(31)32)19-10-4-3-5-11-19)29-28(34)35-17-24-22-14-8-6-12-20(22)21-13-7-9-15-23(21)24/h3-15,18,24,26H,16-17H2,1-2H3,(H,29,34)(H,31,32)/t26-/m0/s1. The van der Waals surface area contributed by atoms with Crippen LogP contribution in [-0.2, 0) is 14.3 Å². The first kappa shape index (κ1) is 24.0. The number of fused-ring (bicyclic) bond motifs is 3. The number of amides is 2. The minimum absolute atomic E-state index is 0.103. The number of anilines is 1. The highest BCUT2D eigenvalue weighted by Crippen LogP contribution is 2.44. The van der Waals surface area contributed by atoms with Gasteiger partial charge in [0.2, 0.25) is 5.91 Å².